The highest BCUT2D eigenvalue weighted by atomic mass is 16.1. The third-order valence-corrected chi connectivity index (χ3v) is 3.96. The van der Waals surface area contributed by atoms with Crippen molar-refractivity contribution in [2.24, 2.45) is 0 Å². The van der Waals surface area contributed by atoms with Gasteiger partial charge >= 0.3 is 0 Å². The number of aromatic nitrogens is 1. The molecular weight excluding hydrogens is 250 g/mol. The molecule has 1 aliphatic heterocycles. The number of fused-ring (bicyclic) bond motifs is 1. The van der Waals surface area contributed by atoms with Crippen molar-refractivity contribution in [2.45, 2.75) is 19.8 Å². The number of aromatic amines is 1. The fraction of sp³-hybridized carbons (Fsp3) is 0.438. The van der Waals surface area contributed by atoms with E-state index < -0.39 is 0 Å². The van der Waals surface area contributed by atoms with Crippen LogP contribution in [0.2, 0.25) is 0 Å². The van der Waals surface area contributed by atoms with Crippen molar-refractivity contribution in [3.05, 3.63) is 40.2 Å². The molecule has 4 nitrogen and oxygen atoms in total. The highest BCUT2D eigenvalue weighted by molar-refractivity contribution is 5.83. The van der Waals surface area contributed by atoms with Crippen LogP contribution in [0.4, 0.5) is 5.69 Å². The van der Waals surface area contributed by atoms with Gasteiger partial charge in [0, 0.05) is 48.3 Å². The van der Waals surface area contributed by atoms with Gasteiger partial charge in [0.2, 0.25) is 0 Å². The van der Waals surface area contributed by atoms with E-state index in [-0.39, 0.29) is 11.5 Å². The van der Waals surface area contributed by atoms with Crippen molar-refractivity contribution in [3.8, 4) is 0 Å². The Morgan fingerprint density at radius 1 is 1.15 bits per heavy atom. The van der Waals surface area contributed by atoms with Gasteiger partial charge in [0.25, 0.3) is 5.56 Å². The van der Waals surface area contributed by atoms with Gasteiger partial charge in [-0.05, 0) is 30.2 Å². The van der Waals surface area contributed by atoms with Gasteiger partial charge in [-0.1, -0.05) is 13.8 Å². The predicted molar refractivity (Wildman–Crippen MR) is 83.7 cm³/mol. The third kappa shape index (κ3) is 2.43. The van der Waals surface area contributed by atoms with Crippen molar-refractivity contribution in [3.63, 3.8) is 0 Å². The second-order valence-electron chi connectivity index (χ2n) is 5.72. The Morgan fingerprint density at radius 2 is 1.90 bits per heavy atom. The normalized spacial score (nSPS) is 16.1. The lowest BCUT2D eigenvalue weighted by Gasteiger charge is -2.29. The first-order chi connectivity index (χ1) is 9.65. The van der Waals surface area contributed by atoms with Gasteiger partial charge in [-0.2, -0.15) is 0 Å². The van der Waals surface area contributed by atoms with Crippen molar-refractivity contribution >= 4 is 16.6 Å². The Morgan fingerprint density at radius 3 is 2.60 bits per heavy atom. The Kier molecular flexibility index (Phi) is 3.49. The smallest absolute Gasteiger partial charge is 0.251 e. The molecule has 0 saturated carbocycles. The van der Waals surface area contributed by atoms with Gasteiger partial charge < -0.3 is 15.2 Å². The maximum Gasteiger partial charge on any atom is 0.251 e. The number of rotatable bonds is 2. The number of H-pyrrole nitrogens is 1. The van der Waals surface area contributed by atoms with Crippen LogP contribution >= 0.6 is 0 Å². The third-order valence-electron chi connectivity index (χ3n) is 3.96. The summed E-state index contributed by atoms with van der Waals surface area (Å²) in [5, 5.41) is 4.48. The van der Waals surface area contributed by atoms with Crippen molar-refractivity contribution in [1.82, 2.24) is 10.3 Å². The highest BCUT2D eigenvalue weighted by Gasteiger charge is 2.12. The van der Waals surface area contributed by atoms with Gasteiger partial charge in [-0.25, -0.2) is 0 Å². The molecule has 1 aromatic carbocycles. The molecule has 106 valence electrons. The number of nitrogens with one attached hydrogen (secondary N) is 2. The molecule has 1 aromatic heterocycles. The SMILES string of the molecule is CC(C)c1cc2cc(N3CCNCC3)ccc2[nH]c1=O. The van der Waals surface area contributed by atoms with E-state index in [2.05, 4.69) is 41.2 Å². The summed E-state index contributed by atoms with van der Waals surface area (Å²) in [6.45, 7) is 8.23. The van der Waals surface area contributed by atoms with Crippen LogP contribution in [-0.4, -0.2) is 31.2 Å². The molecule has 0 atom stereocenters. The van der Waals surface area contributed by atoms with Crippen LogP contribution in [0.3, 0.4) is 0 Å². The van der Waals surface area contributed by atoms with E-state index in [0.29, 0.717) is 0 Å². The molecule has 4 heteroatoms. The standard InChI is InChI=1S/C16H21N3O/c1-11(2)14-10-12-9-13(19-7-5-17-6-8-19)3-4-15(12)18-16(14)20/h3-4,9-11,17H,5-8H2,1-2H3,(H,18,20). The molecule has 1 saturated heterocycles. The van der Waals surface area contributed by atoms with Gasteiger partial charge in [0.15, 0.2) is 0 Å². The minimum atomic E-state index is 0.0300. The molecule has 2 N–H and O–H groups in total. The van der Waals surface area contributed by atoms with Crippen molar-refractivity contribution < 1.29 is 0 Å². The number of nitrogens with zero attached hydrogens (tertiary/aromatic N) is 1. The maximum absolute atomic E-state index is 12.0. The minimum Gasteiger partial charge on any atom is -0.369 e. The minimum absolute atomic E-state index is 0.0300. The van der Waals surface area contributed by atoms with Crippen LogP contribution in [0.1, 0.15) is 25.3 Å². The Labute approximate surface area is 118 Å². The predicted octanol–water partition coefficient (Wildman–Crippen LogP) is 2.06. The molecule has 0 radical (unpaired) electrons. The summed E-state index contributed by atoms with van der Waals surface area (Å²) >= 11 is 0. The average Bonchev–Trinajstić information content (AvgIpc) is 2.47. The summed E-state index contributed by atoms with van der Waals surface area (Å²) in [5.41, 5.74) is 3.04. The van der Waals surface area contributed by atoms with Crippen molar-refractivity contribution in [2.75, 3.05) is 31.1 Å². The first-order valence-electron chi connectivity index (χ1n) is 7.28. The fourth-order valence-electron chi connectivity index (χ4n) is 2.76. The van der Waals surface area contributed by atoms with Gasteiger partial charge in [-0.3, -0.25) is 4.79 Å². The van der Waals surface area contributed by atoms with E-state index >= 15 is 0 Å². The monoisotopic (exact) mass is 271 g/mol. The van der Waals surface area contributed by atoms with E-state index in [1.165, 1.54) is 5.69 Å². The second-order valence-corrected chi connectivity index (χ2v) is 5.72. The number of hydrogen-bond donors (Lipinski definition) is 2. The zero-order valence-corrected chi connectivity index (χ0v) is 12.1. The molecule has 20 heavy (non-hydrogen) atoms. The number of piperazine rings is 1. The van der Waals surface area contributed by atoms with Crippen LogP contribution in [-0.2, 0) is 0 Å². The second kappa shape index (κ2) is 5.29. The highest BCUT2D eigenvalue weighted by Crippen LogP contribution is 2.22. The Hall–Kier alpha value is -1.81. The fourth-order valence-corrected chi connectivity index (χ4v) is 2.76. The molecule has 0 bridgehead atoms. The molecule has 0 amide bonds. The Balaban J connectivity index is 2.05. The number of hydrogen-bond acceptors (Lipinski definition) is 3. The lowest BCUT2D eigenvalue weighted by molar-refractivity contribution is 0.589. The largest absolute Gasteiger partial charge is 0.369 e. The van der Waals surface area contributed by atoms with Gasteiger partial charge in [-0.15, -0.1) is 0 Å². The quantitative estimate of drug-likeness (QED) is 0.879. The molecular formula is C16H21N3O. The summed E-state index contributed by atoms with van der Waals surface area (Å²) in [5.74, 6) is 0.242. The number of benzene rings is 1. The molecule has 0 spiro atoms. The molecule has 1 fully saturated rings. The van der Waals surface area contributed by atoms with Crippen LogP contribution < -0.4 is 15.8 Å². The number of anilines is 1. The summed E-state index contributed by atoms with van der Waals surface area (Å²) in [6, 6.07) is 8.32. The summed E-state index contributed by atoms with van der Waals surface area (Å²) in [6.07, 6.45) is 0. The van der Waals surface area contributed by atoms with E-state index in [1.807, 2.05) is 12.1 Å². The van der Waals surface area contributed by atoms with Gasteiger partial charge in [0.05, 0.1) is 0 Å². The summed E-state index contributed by atoms with van der Waals surface area (Å²) in [4.78, 5) is 17.4. The molecule has 2 heterocycles. The van der Waals surface area contributed by atoms with E-state index in [0.717, 1.165) is 42.6 Å². The summed E-state index contributed by atoms with van der Waals surface area (Å²) < 4.78 is 0. The molecule has 0 unspecified atom stereocenters. The lowest BCUT2D eigenvalue weighted by atomic mass is 10.0. The average molecular weight is 271 g/mol. The topological polar surface area (TPSA) is 48.1 Å². The molecule has 2 aromatic rings. The lowest BCUT2D eigenvalue weighted by Crippen LogP contribution is -2.43. The van der Waals surface area contributed by atoms with E-state index in [4.69, 9.17) is 0 Å². The first-order valence-corrected chi connectivity index (χ1v) is 7.28. The zero-order valence-electron chi connectivity index (χ0n) is 12.1. The van der Waals surface area contributed by atoms with Crippen LogP contribution in [0.25, 0.3) is 10.9 Å². The zero-order chi connectivity index (χ0) is 14.1. The van der Waals surface area contributed by atoms with Crippen LogP contribution in [0.5, 0.6) is 0 Å². The Bertz CT molecular complexity index is 669. The van der Waals surface area contributed by atoms with Crippen molar-refractivity contribution in [1.29, 1.82) is 0 Å². The molecule has 1 aliphatic rings. The van der Waals surface area contributed by atoms with Crippen LogP contribution in [0.15, 0.2) is 29.1 Å². The van der Waals surface area contributed by atoms with Crippen LogP contribution in [0, 0.1) is 0 Å². The van der Waals surface area contributed by atoms with E-state index in [9.17, 15) is 4.79 Å². The first kappa shape index (κ1) is 13.2. The maximum atomic E-state index is 12.0. The van der Waals surface area contributed by atoms with E-state index in [1.54, 1.807) is 0 Å². The summed E-state index contributed by atoms with van der Waals surface area (Å²) in [7, 11) is 0. The molecule has 0 aliphatic carbocycles. The van der Waals surface area contributed by atoms with Gasteiger partial charge in [0.1, 0.15) is 0 Å². The molecule has 3 rings (SSSR count). The number of pyridine rings is 1.